The number of benzene rings is 1. The zero-order valence-electron chi connectivity index (χ0n) is 19.2. The van der Waals surface area contributed by atoms with Crippen LogP contribution in [0.4, 0.5) is 0 Å². The smallest absolute Gasteiger partial charge is 0.0706 e. The third-order valence-electron chi connectivity index (χ3n) is 8.44. The van der Waals surface area contributed by atoms with Crippen molar-refractivity contribution in [3.63, 3.8) is 0 Å². The molecule has 5 nitrogen and oxygen atoms in total. The van der Waals surface area contributed by atoms with E-state index in [1.807, 2.05) is 0 Å². The number of hydrogen-bond donors (Lipinski definition) is 2. The van der Waals surface area contributed by atoms with E-state index in [9.17, 15) is 0 Å². The van der Waals surface area contributed by atoms with E-state index < -0.39 is 0 Å². The quantitative estimate of drug-likeness (QED) is 0.221. The predicted octanol–water partition coefficient (Wildman–Crippen LogP) is 7.44. The fourth-order valence-electron chi connectivity index (χ4n) is 7.14. The van der Waals surface area contributed by atoms with Crippen molar-refractivity contribution < 1.29 is 0 Å². The summed E-state index contributed by atoms with van der Waals surface area (Å²) >= 11 is 0. The van der Waals surface area contributed by atoms with E-state index in [4.69, 9.17) is 0 Å². The topological polar surface area (TPSA) is 44.8 Å². The number of allylic oxidation sites excluding steroid dienone is 1. The van der Waals surface area contributed by atoms with E-state index in [1.54, 1.807) is 0 Å². The minimum Gasteiger partial charge on any atom is -0.359 e. The maximum absolute atomic E-state index is 3.55. The van der Waals surface area contributed by atoms with Crippen LogP contribution in [0.5, 0.6) is 0 Å². The van der Waals surface area contributed by atoms with Gasteiger partial charge in [-0.3, -0.25) is 0 Å². The third kappa shape index (κ3) is 1.73. The monoisotopic (exact) mass is 461 g/mol. The molecule has 0 atom stereocenters. The molecule has 0 unspecified atom stereocenters. The average Bonchev–Trinajstić information content (AvgIpc) is 3.73. The van der Waals surface area contributed by atoms with Crippen LogP contribution in [-0.2, 0) is 6.42 Å². The lowest BCUT2D eigenvalue weighted by Crippen LogP contribution is -2.02. The normalized spacial score (nSPS) is 13.9. The molecular formula is C31H19N5. The molecule has 10 rings (SSSR count). The Morgan fingerprint density at radius 2 is 1.11 bits per heavy atom. The Bertz CT molecular complexity index is 2380. The Morgan fingerprint density at radius 3 is 1.72 bits per heavy atom. The van der Waals surface area contributed by atoms with E-state index in [-0.39, 0.29) is 0 Å². The first-order valence-corrected chi connectivity index (χ1v) is 12.4. The summed E-state index contributed by atoms with van der Waals surface area (Å²) in [5, 5.41) is 6.42. The van der Waals surface area contributed by atoms with Crippen LogP contribution in [0.2, 0.25) is 0 Å². The van der Waals surface area contributed by atoms with E-state index in [2.05, 4.69) is 115 Å². The number of aromatic nitrogens is 5. The lowest BCUT2D eigenvalue weighted by atomic mass is 9.94. The summed E-state index contributed by atoms with van der Waals surface area (Å²) in [5.41, 5.74) is 12.6. The molecule has 8 aromatic heterocycles. The molecule has 0 spiro atoms. The second-order valence-corrected chi connectivity index (χ2v) is 9.99. The van der Waals surface area contributed by atoms with E-state index in [0.29, 0.717) is 0 Å². The molecule has 1 aromatic carbocycles. The number of aromatic amines is 2. The minimum absolute atomic E-state index is 0.968. The number of hydrogen-bond acceptors (Lipinski definition) is 0. The first kappa shape index (κ1) is 17.5. The largest absolute Gasteiger partial charge is 0.359 e. The molecular weight excluding hydrogens is 442 g/mol. The van der Waals surface area contributed by atoms with Crippen molar-refractivity contribution in [2.45, 2.75) is 6.42 Å². The predicted molar refractivity (Wildman–Crippen MR) is 148 cm³/mol. The summed E-state index contributed by atoms with van der Waals surface area (Å²) in [4.78, 5) is 7.10. The van der Waals surface area contributed by atoms with Gasteiger partial charge in [0.2, 0.25) is 0 Å². The van der Waals surface area contributed by atoms with Crippen molar-refractivity contribution in [3.05, 3.63) is 96.7 Å². The fraction of sp³-hybridized carbons (Fsp3) is 0.0323. The number of fused-ring (bicyclic) bond motifs is 21. The molecule has 0 saturated carbocycles. The summed E-state index contributed by atoms with van der Waals surface area (Å²) in [6.45, 7) is 0. The van der Waals surface area contributed by atoms with Crippen LogP contribution >= 0.6 is 0 Å². The van der Waals surface area contributed by atoms with Gasteiger partial charge in [-0.15, -0.1) is 0 Å². The van der Waals surface area contributed by atoms with Gasteiger partial charge in [0, 0.05) is 63.4 Å². The van der Waals surface area contributed by atoms with Crippen molar-refractivity contribution in [1.82, 2.24) is 23.2 Å². The van der Waals surface area contributed by atoms with Crippen LogP contribution in [0.1, 0.15) is 11.1 Å². The van der Waals surface area contributed by atoms with Gasteiger partial charge < -0.3 is 23.2 Å². The molecule has 1 aliphatic rings. The van der Waals surface area contributed by atoms with Crippen LogP contribution in [0.3, 0.4) is 0 Å². The van der Waals surface area contributed by atoms with Crippen LogP contribution in [0.25, 0.3) is 77.1 Å². The highest BCUT2D eigenvalue weighted by Gasteiger charge is 2.26. The first-order chi connectivity index (χ1) is 17.9. The average molecular weight is 462 g/mol. The van der Waals surface area contributed by atoms with Gasteiger partial charge in [0.15, 0.2) is 0 Å². The molecule has 0 saturated heterocycles. The molecule has 0 amide bonds. The first-order valence-electron chi connectivity index (χ1n) is 12.4. The number of H-pyrrole nitrogens is 2. The summed E-state index contributed by atoms with van der Waals surface area (Å²) in [5.74, 6) is 0. The summed E-state index contributed by atoms with van der Waals surface area (Å²) in [6.07, 6.45) is 16.4. The van der Waals surface area contributed by atoms with Crippen molar-refractivity contribution >= 4 is 77.1 Å². The summed E-state index contributed by atoms with van der Waals surface area (Å²) < 4.78 is 7.21. The zero-order chi connectivity index (χ0) is 23.1. The molecule has 5 heteroatoms. The number of rotatable bonds is 0. The highest BCUT2D eigenvalue weighted by molar-refractivity contribution is 6.36. The van der Waals surface area contributed by atoms with E-state index in [1.165, 1.54) is 82.2 Å². The Kier molecular flexibility index (Phi) is 2.76. The van der Waals surface area contributed by atoms with Gasteiger partial charge in [0.05, 0.1) is 38.6 Å². The van der Waals surface area contributed by atoms with Gasteiger partial charge >= 0.3 is 0 Å². The second kappa shape index (κ2) is 5.66. The van der Waals surface area contributed by atoms with Crippen LogP contribution in [0.15, 0.2) is 85.6 Å². The Morgan fingerprint density at radius 1 is 0.583 bits per heavy atom. The molecule has 2 N–H and O–H groups in total. The molecule has 9 aromatic rings. The number of nitrogens with one attached hydrogen (secondary N) is 2. The maximum Gasteiger partial charge on any atom is 0.0706 e. The van der Waals surface area contributed by atoms with Gasteiger partial charge in [-0.25, -0.2) is 0 Å². The van der Waals surface area contributed by atoms with E-state index in [0.717, 1.165) is 6.42 Å². The Balaban J connectivity index is 1.76. The lowest BCUT2D eigenvalue weighted by Gasteiger charge is -2.20. The van der Waals surface area contributed by atoms with Crippen molar-refractivity contribution in [3.8, 4) is 0 Å². The standard InChI is InChI=1S/C31H19N5/c1-5-17-18(6-1)24-29(34-14-2-7-21(17)34)25-19-10-12-32-27(19)23-9-4-16-36(23)31(25)26-20-11-13-33-28(20)22-8-3-15-35(22)30(24)26/h1-4,6-16,32-33H,5H2. The second-order valence-electron chi connectivity index (χ2n) is 9.99. The van der Waals surface area contributed by atoms with Gasteiger partial charge in [0.1, 0.15) is 0 Å². The van der Waals surface area contributed by atoms with Gasteiger partial charge in [0.25, 0.3) is 0 Å². The SMILES string of the molecule is C1=Cc2c(c3cccn3c3c2c2c(c4cc[nH]c4c4cccn42)c2c3c3cc[nH]c3c3cccn32)C1. The molecule has 0 bridgehead atoms. The molecule has 168 valence electrons. The molecule has 0 radical (unpaired) electrons. The van der Waals surface area contributed by atoms with Crippen LogP contribution in [0, 0.1) is 0 Å². The minimum atomic E-state index is 0.968. The Hall–Kier alpha value is -4.90. The zero-order valence-corrected chi connectivity index (χ0v) is 19.2. The van der Waals surface area contributed by atoms with Gasteiger partial charge in [-0.05, 0) is 66.1 Å². The lowest BCUT2D eigenvalue weighted by molar-refractivity contribution is 1.22. The fourth-order valence-corrected chi connectivity index (χ4v) is 7.14. The highest BCUT2D eigenvalue weighted by atomic mass is 15.0. The number of nitrogens with zero attached hydrogens (tertiary/aromatic N) is 3. The third-order valence-corrected chi connectivity index (χ3v) is 8.44. The van der Waals surface area contributed by atoms with Gasteiger partial charge in [-0.1, -0.05) is 12.2 Å². The summed E-state index contributed by atoms with van der Waals surface area (Å²) in [6, 6.07) is 17.7. The molecule has 0 fully saturated rings. The van der Waals surface area contributed by atoms with Crippen molar-refractivity contribution in [2.24, 2.45) is 0 Å². The van der Waals surface area contributed by atoms with Crippen LogP contribution in [-0.4, -0.2) is 23.2 Å². The maximum atomic E-state index is 3.55. The highest BCUT2D eigenvalue weighted by Crippen LogP contribution is 2.46. The van der Waals surface area contributed by atoms with Crippen molar-refractivity contribution in [2.75, 3.05) is 0 Å². The molecule has 8 heterocycles. The Labute approximate surface area is 203 Å². The van der Waals surface area contributed by atoms with Crippen LogP contribution < -0.4 is 0 Å². The van der Waals surface area contributed by atoms with E-state index >= 15 is 0 Å². The van der Waals surface area contributed by atoms with Crippen molar-refractivity contribution in [1.29, 1.82) is 0 Å². The molecule has 1 aliphatic carbocycles. The molecule has 0 aliphatic heterocycles. The molecule has 36 heavy (non-hydrogen) atoms. The van der Waals surface area contributed by atoms with Gasteiger partial charge in [-0.2, -0.15) is 0 Å². The number of pyridine rings is 3. The summed E-state index contributed by atoms with van der Waals surface area (Å²) in [7, 11) is 0.